The predicted octanol–water partition coefficient (Wildman–Crippen LogP) is 3.17. The minimum absolute atomic E-state index is 0.200. The topological polar surface area (TPSA) is 92.3 Å². The number of fused-ring (bicyclic) bond motifs is 1. The number of hydrogen-bond donors (Lipinski definition) is 0. The third-order valence-corrected chi connectivity index (χ3v) is 6.52. The maximum absolute atomic E-state index is 13.5. The van der Waals surface area contributed by atoms with E-state index in [-0.39, 0.29) is 12.2 Å². The van der Waals surface area contributed by atoms with E-state index in [1.165, 1.54) is 23.0 Å². The monoisotopic (exact) mass is 532 g/mol. The Kier molecular flexibility index (Phi) is 6.57. The lowest BCUT2D eigenvalue weighted by Gasteiger charge is -2.25. The van der Waals surface area contributed by atoms with Gasteiger partial charge in [-0.3, -0.25) is 9.36 Å². The third kappa shape index (κ3) is 4.28. The number of aromatic nitrogens is 1. The number of nitrogens with zero attached hydrogens (tertiary/aromatic N) is 2. The number of thiazole rings is 1. The molecule has 1 atom stereocenters. The van der Waals surface area contributed by atoms with Crippen LogP contribution >= 0.6 is 27.3 Å². The zero-order chi connectivity index (χ0) is 23.7. The molecule has 0 aliphatic carbocycles. The van der Waals surface area contributed by atoms with Gasteiger partial charge < -0.3 is 18.6 Å². The van der Waals surface area contributed by atoms with Crippen molar-refractivity contribution in [3.8, 4) is 11.5 Å². The smallest absolute Gasteiger partial charge is 0.338 e. The number of halogens is 1. The molecule has 0 spiro atoms. The molecule has 0 amide bonds. The molecular formula is C23H21BrN2O6S. The van der Waals surface area contributed by atoms with Gasteiger partial charge in [-0.25, -0.2) is 9.79 Å². The molecule has 2 aromatic heterocycles. The van der Waals surface area contributed by atoms with Crippen LogP contribution in [-0.2, 0) is 9.53 Å². The molecule has 172 valence electrons. The molecule has 1 aromatic carbocycles. The van der Waals surface area contributed by atoms with Crippen LogP contribution in [0.25, 0.3) is 6.08 Å². The molecule has 4 rings (SSSR count). The van der Waals surface area contributed by atoms with Crippen molar-refractivity contribution in [2.75, 3.05) is 20.8 Å². The maximum atomic E-state index is 13.5. The second-order valence-corrected chi connectivity index (χ2v) is 8.85. The Morgan fingerprint density at radius 2 is 2.00 bits per heavy atom. The minimum Gasteiger partial charge on any atom is -0.493 e. The van der Waals surface area contributed by atoms with Crippen LogP contribution in [0.5, 0.6) is 11.5 Å². The fourth-order valence-electron chi connectivity index (χ4n) is 3.66. The van der Waals surface area contributed by atoms with Crippen molar-refractivity contribution in [3.05, 3.63) is 77.3 Å². The van der Waals surface area contributed by atoms with Crippen LogP contribution in [0.2, 0.25) is 0 Å². The van der Waals surface area contributed by atoms with Crippen molar-refractivity contribution in [1.29, 1.82) is 0 Å². The molecule has 0 saturated heterocycles. The van der Waals surface area contributed by atoms with E-state index in [4.69, 9.17) is 18.6 Å². The van der Waals surface area contributed by atoms with E-state index in [1.807, 2.05) is 0 Å². The van der Waals surface area contributed by atoms with E-state index >= 15 is 0 Å². The van der Waals surface area contributed by atoms with Gasteiger partial charge in [0, 0.05) is 6.08 Å². The summed E-state index contributed by atoms with van der Waals surface area (Å²) in [5, 5.41) is 0. The molecule has 3 heterocycles. The molecule has 0 saturated carbocycles. The number of furan rings is 1. The number of rotatable bonds is 6. The number of esters is 1. The molecule has 0 radical (unpaired) electrons. The van der Waals surface area contributed by atoms with Crippen molar-refractivity contribution < 1.29 is 23.4 Å². The molecule has 0 unspecified atom stereocenters. The number of carbonyl (C=O) groups excluding carboxylic acids is 1. The van der Waals surface area contributed by atoms with E-state index in [2.05, 4.69) is 20.9 Å². The second kappa shape index (κ2) is 9.40. The highest BCUT2D eigenvalue weighted by Gasteiger charge is 2.33. The van der Waals surface area contributed by atoms with E-state index in [0.29, 0.717) is 48.1 Å². The highest BCUT2D eigenvalue weighted by molar-refractivity contribution is 9.10. The SMILES string of the molecule is CCOC(=O)C1=C(C)N=c2s/c(=C/c3ccc(Br)o3)c(=O)n2[C@H]1c1ccc(OC)c(OC)c1. The van der Waals surface area contributed by atoms with Crippen molar-refractivity contribution in [3.63, 3.8) is 0 Å². The standard InChI is InChI=1S/C23H21BrN2O6S/c1-5-31-22(28)19-12(2)25-23-26(20(19)13-6-8-15(29-3)16(10-13)30-4)21(27)17(33-23)11-14-7-9-18(24)32-14/h6-11,20H,5H2,1-4H3/b17-11+/t20-/m0/s1. The number of hydrogen-bond acceptors (Lipinski definition) is 8. The van der Waals surface area contributed by atoms with Crippen LogP contribution in [-0.4, -0.2) is 31.4 Å². The second-order valence-electron chi connectivity index (χ2n) is 7.06. The van der Waals surface area contributed by atoms with Gasteiger partial charge in [-0.15, -0.1) is 0 Å². The van der Waals surface area contributed by atoms with Gasteiger partial charge in [-0.05, 0) is 59.6 Å². The van der Waals surface area contributed by atoms with Gasteiger partial charge in [0.15, 0.2) is 21.0 Å². The predicted molar refractivity (Wildman–Crippen MR) is 126 cm³/mol. The van der Waals surface area contributed by atoms with Gasteiger partial charge >= 0.3 is 5.97 Å². The average molecular weight is 533 g/mol. The molecule has 3 aromatic rings. The Hall–Kier alpha value is -3.11. The van der Waals surface area contributed by atoms with Gasteiger partial charge in [-0.1, -0.05) is 17.4 Å². The van der Waals surface area contributed by atoms with Crippen LogP contribution in [0.3, 0.4) is 0 Å². The van der Waals surface area contributed by atoms with Gasteiger partial charge in [0.1, 0.15) is 5.76 Å². The highest BCUT2D eigenvalue weighted by Crippen LogP contribution is 2.36. The normalized spacial score (nSPS) is 15.8. The van der Waals surface area contributed by atoms with Crippen molar-refractivity contribution in [2.45, 2.75) is 19.9 Å². The number of methoxy groups -OCH3 is 2. The number of ether oxygens (including phenoxy) is 3. The first-order valence-electron chi connectivity index (χ1n) is 10.0. The zero-order valence-electron chi connectivity index (χ0n) is 18.4. The summed E-state index contributed by atoms with van der Waals surface area (Å²) in [6.45, 7) is 3.67. The zero-order valence-corrected chi connectivity index (χ0v) is 20.8. The summed E-state index contributed by atoms with van der Waals surface area (Å²) in [5.74, 6) is 1.02. The first kappa shape index (κ1) is 23.1. The van der Waals surface area contributed by atoms with Crippen molar-refractivity contribution in [2.24, 2.45) is 4.99 Å². The minimum atomic E-state index is -0.745. The van der Waals surface area contributed by atoms with E-state index < -0.39 is 12.0 Å². The Balaban J connectivity index is 1.97. The molecule has 0 N–H and O–H groups in total. The molecule has 1 aliphatic heterocycles. The lowest BCUT2D eigenvalue weighted by Crippen LogP contribution is -2.39. The molecule has 33 heavy (non-hydrogen) atoms. The molecule has 10 heteroatoms. The van der Waals surface area contributed by atoms with Gasteiger partial charge in [-0.2, -0.15) is 0 Å². The number of benzene rings is 1. The largest absolute Gasteiger partial charge is 0.493 e. The Morgan fingerprint density at radius 3 is 2.64 bits per heavy atom. The molecule has 8 nitrogen and oxygen atoms in total. The number of carbonyl (C=O) groups is 1. The van der Waals surface area contributed by atoms with E-state index in [9.17, 15) is 9.59 Å². The first-order chi connectivity index (χ1) is 15.9. The van der Waals surface area contributed by atoms with Crippen LogP contribution in [0.1, 0.15) is 31.2 Å². The van der Waals surface area contributed by atoms with Crippen molar-refractivity contribution >= 4 is 39.3 Å². The van der Waals surface area contributed by atoms with Crippen LogP contribution in [0, 0.1) is 0 Å². The van der Waals surface area contributed by atoms with Crippen molar-refractivity contribution in [1.82, 2.24) is 4.57 Å². The van der Waals surface area contributed by atoms with Crippen LogP contribution < -0.4 is 24.4 Å². The summed E-state index contributed by atoms with van der Waals surface area (Å²) in [6.07, 6.45) is 1.66. The summed E-state index contributed by atoms with van der Waals surface area (Å²) in [7, 11) is 3.07. The summed E-state index contributed by atoms with van der Waals surface area (Å²) < 4.78 is 24.1. The Bertz CT molecular complexity index is 1430. The third-order valence-electron chi connectivity index (χ3n) is 5.11. The van der Waals surface area contributed by atoms with Gasteiger partial charge in [0.25, 0.3) is 5.56 Å². The van der Waals surface area contributed by atoms with Crippen LogP contribution in [0.15, 0.2) is 60.5 Å². The molecular weight excluding hydrogens is 512 g/mol. The van der Waals surface area contributed by atoms with Gasteiger partial charge in [0.05, 0.1) is 42.7 Å². The highest BCUT2D eigenvalue weighted by atomic mass is 79.9. The lowest BCUT2D eigenvalue weighted by molar-refractivity contribution is -0.139. The van der Waals surface area contributed by atoms with E-state index in [0.717, 1.165) is 0 Å². The Morgan fingerprint density at radius 1 is 1.24 bits per heavy atom. The summed E-state index contributed by atoms with van der Waals surface area (Å²) >= 11 is 4.49. The molecule has 0 fully saturated rings. The molecule has 0 bridgehead atoms. The molecule has 1 aliphatic rings. The fraction of sp³-hybridized carbons (Fsp3) is 0.261. The quantitative estimate of drug-likeness (QED) is 0.452. The lowest BCUT2D eigenvalue weighted by atomic mass is 9.95. The Labute approximate surface area is 201 Å². The fourth-order valence-corrected chi connectivity index (χ4v) is 5.01. The maximum Gasteiger partial charge on any atom is 0.338 e. The number of allylic oxidation sites excluding steroid dienone is 1. The first-order valence-corrected chi connectivity index (χ1v) is 11.7. The van der Waals surface area contributed by atoms with Crippen LogP contribution in [0.4, 0.5) is 0 Å². The van der Waals surface area contributed by atoms with Gasteiger partial charge in [0.2, 0.25) is 0 Å². The summed E-state index contributed by atoms with van der Waals surface area (Å²) in [4.78, 5) is 31.5. The summed E-state index contributed by atoms with van der Waals surface area (Å²) in [6, 6.07) is 8.04. The average Bonchev–Trinajstić information content (AvgIpc) is 3.34. The summed E-state index contributed by atoms with van der Waals surface area (Å²) in [5.41, 5.74) is 1.16. The van der Waals surface area contributed by atoms with E-state index in [1.54, 1.807) is 57.4 Å².